The Morgan fingerprint density at radius 3 is 2.24 bits per heavy atom. The van der Waals surface area contributed by atoms with Gasteiger partial charge in [0.25, 0.3) is 5.91 Å². The SMILES string of the molecule is CC[C@H](Oc1cccc(OC)c1)C(=O)N[C@@H](C)c1ccc(OC)cc1. The minimum Gasteiger partial charge on any atom is -0.497 e. The van der Waals surface area contributed by atoms with E-state index >= 15 is 0 Å². The molecule has 2 rings (SSSR count). The highest BCUT2D eigenvalue weighted by Crippen LogP contribution is 2.21. The summed E-state index contributed by atoms with van der Waals surface area (Å²) in [6.45, 7) is 3.86. The lowest BCUT2D eigenvalue weighted by molar-refractivity contribution is -0.128. The van der Waals surface area contributed by atoms with E-state index in [9.17, 15) is 4.79 Å². The number of nitrogens with one attached hydrogen (secondary N) is 1. The average molecular weight is 343 g/mol. The third-order valence-electron chi connectivity index (χ3n) is 3.96. The van der Waals surface area contributed by atoms with Gasteiger partial charge in [-0.1, -0.05) is 25.1 Å². The molecule has 0 aliphatic carbocycles. The fourth-order valence-electron chi connectivity index (χ4n) is 2.44. The van der Waals surface area contributed by atoms with Crippen LogP contribution >= 0.6 is 0 Å². The molecule has 134 valence electrons. The van der Waals surface area contributed by atoms with Crippen LogP contribution in [0, 0.1) is 0 Å². The standard InChI is InChI=1S/C20H25NO4/c1-5-19(25-18-8-6-7-17(13-18)24-4)20(22)21-14(2)15-9-11-16(23-3)12-10-15/h6-14,19H,5H2,1-4H3,(H,21,22)/t14-,19-/m0/s1. The fourth-order valence-corrected chi connectivity index (χ4v) is 2.44. The molecule has 2 aromatic rings. The molecule has 0 aromatic heterocycles. The fraction of sp³-hybridized carbons (Fsp3) is 0.350. The first-order chi connectivity index (χ1) is 12.1. The van der Waals surface area contributed by atoms with E-state index in [1.165, 1.54) is 0 Å². The molecule has 5 nitrogen and oxygen atoms in total. The first-order valence-corrected chi connectivity index (χ1v) is 8.32. The van der Waals surface area contributed by atoms with Crippen molar-refractivity contribution in [3.8, 4) is 17.2 Å². The van der Waals surface area contributed by atoms with Crippen molar-refractivity contribution in [2.45, 2.75) is 32.4 Å². The molecule has 25 heavy (non-hydrogen) atoms. The summed E-state index contributed by atoms with van der Waals surface area (Å²) < 4.78 is 16.2. The van der Waals surface area contributed by atoms with E-state index in [0.717, 1.165) is 11.3 Å². The Bertz CT molecular complexity index is 684. The van der Waals surface area contributed by atoms with Crippen LogP contribution in [0.25, 0.3) is 0 Å². The van der Waals surface area contributed by atoms with Gasteiger partial charge in [-0.2, -0.15) is 0 Å². The van der Waals surface area contributed by atoms with Crippen LogP contribution < -0.4 is 19.5 Å². The molecule has 0 aliphatic rings. The van der Waals surface area contributed by atoms with Gasteiger partial charge in [-0.25, -0.2) is 0 Å². The van der Waals surface area contributed by atoms with Crippen molar-refractivity contribution < 1.29 is 19.0 Å². The van der Waals surface area contributed by atoms with Gasteiger partial charge in [-0.3, -0.25) is 4.79 Å². The Labute approximate surface area is 148 Å². The second-order valence-electron chi connectivity index (χ2n) is 5.70. The molecule has 5 heteroatoms. The maximum absolute atomic E-state index is 12.5. The van der Waals surface area contributed by atoms with Crippen LogP contribution in [-0.4, -0.2) is 26.2 Å². The van der Waals surface area contributed by atoms with Crippen molar-refractivity contribution in [1.29, 1.82) is 0 Å². The molecule has 1 N–H and O–H groups in total. The smallest absolute Gasteiger partial charge is 0.261 e. The monoisotopic (exact) mass is 343 g/mol. The Kier molecular flexibility index (Phi) is 6.69. The zero-order chi connectivity index (χ0) is 18.2. The van der Waals surface area contributed by atoms with E-state index in [0.29, 0.717) is 17.9 Å². The van der Waals surface area contributed by atoms with Gasteiger partial charge in [-0.15, -0.1) is 0 Å². The quantitative estimate of drug-likeness (QED) is 0.793. The third kappa shape index (κ3) is 5.14. The van der Waals surface area contributed by atoms with E-state index in [2.05, 4.69) is 5.32 Å². The van der Waals surface area contributed by atoms with E-state index in [-0.39, 0.29) is 11.9 Å². The summed E-state index contributed by atoms with van der Waals surface area (Å²) in [5.74, 6) is 1.95. The summed E-state index contributed by atoms with van der Waals surface area (Å²) in [7, 11) is 3.22. The van der Waals surface area contributed by atoms with E-state index < -0.39 is 6.10 Å². The van der Waals surface area contributed by atoms with Crippen molar-refractivity contribution in [2.75, 3.05) is 14.2 Å². The largest absolute Gasteiger partial charge is 0.497 e. The van der Waals surface area contributed by atoms with Gasteiger partial charge >= 0.3 is 0 Å². The molecule has 0 radical (unpaired) electrons. The predicted octanol–water partition coefficient (Wildman–Crippen LogP) is 3.74. The molecule has 0 heterocycles. The highest BCUT2D eigenvalue weighted by molar-refractivity contribution is 5.81. The summed E-state index contributed by atoms with van der Waals surface area (Å²) in [4.78, 5) is 12.5. The van der Waals surface area contributed by atoms with E-state index in [1.807, 2.05) is 56.3 Å². The third-order valence-corrected chi connectivity index (χ3v) is 3.96. The van der Waals surface area contributed by atoms with Crippen LogP contribution in [0.1, 0.15) is 31.9 Å². The van der Waals surface area contributed by atoms with Gasteiger partial charge in [0.05, 0.1) is 20.3 Å². The van der Waals surface area contributed by atoms with Gasteiger partial charge in [-0.05, 0) is 43.2 Å². The van der Waals surface area contributed by atoms with Crippen LogP contribution in [0.3, 0.4) is 0 Å². The predicted molar refractivity (Wildman–Crippen MR) is 97.3 cm³/mol. The lowest BCUT2D eigenvalue weighted by Crippen LogP contribution is -2.39. The highest BCUT2D eigenvalue weighted by Gasteiger charge is 2.21. The number of benzene rings is 2. The molecular formula is C20H25NO4. The number of rotatable bonds is 8. The summed E-state index contributed by atoms with van der Waals surface area (Å²) in [5.41, 5.74) is 1.00. The summed E-state index contributed by atoms with van der Waals surface area (Å²) >= 11 is 0. The van der Waals surface area contributed by atoms with Crippen LogP contribution in [0.15, 0.2) is 48.5 Å². The summed E-state index contributed by atoms with van der Waals surface area (Å²) in [6.07, 6.45) is 0.00561. The molecule has 0 saturated heterocycles. The number of carbonyl (C=O) groups is 1. The molecule has 0 spiro atoms. The Morgan fingerprint density at radius 2 is 1.64 bits per heavy atom. The molecule has 0 saturated carbocycles. The number of amides is 1. The van der Waals surface area contributed by atoms with Gasteiger partial charge in [0.1, 0.15) is 17.2 Å². The summed E-state index contributed by atoms with van der Waals surface area (Å²) in [6, 6.07) is 14.7. The van der Waals surface area contributed by atoms with E-state index in [1.54, 1.807) is 20.3 Å². The molecule has 0 fully saturated rings. The molecule has 2 atom stereocenters. The van der Waals surface area contributed by atoms with Gasteiger partial charge < -0.3 is 19.5 Å². The number of hydrogen-bond donors (Lipinski definition) is 1. The molecular weight excluding hydrogens is 318 g/mol. The Balaban J connectivity index is 2.00. The zero-order valence-electron chi connectivity index (χ0n) is 15.1. The molecule has 0 aliphatic heterocycles. The highest BCUT2D eigenvalue weighted by atomic mass is 16.5. The number of methoxy groups -OCH3 is 2. The minimum absolute atomic E-state index is 0.124. The van der Waals surface area contributed by atoms with Crippen LogP contribution in [0.2, 0.25) is 0 Å². The number of ether oxygens (including phenoxy) is 3. The second-order valence-corrected chi connectivity index (χ2v) is 5.70. The molecule has 2 aromatic carbocycles. The van der Waals surface area contributed by atoms with Crippen LogP contribution in [-0.2, 0) is 4.79 Å². The Hall–Kier alpha value is -2.69. The average Bonchev–Trinajstić information content (AvgIpc) is 2.66. The topological polar surface area (TPSA) is 56.8 Å². The van der Waals surface area contributed by atoms with Crippen molar-refractivity contribution in [3.05, 3.63) is 54.1 Å². The molecule has 0 bridgehead atoms. The molecule has 1 amide bonds. The maximum atomic E-state index is 12.5. The first kappa shape index (κ1) is 18.6. The lowest BCUT2D eigenvalue weighted by Gasteiger charge is -2.21. The first-order valence-electron chi connectivity index (χ1n) is 8.32. The second kappa shape index (κ2) is 8.97. The van der Waals surface area contributed by atoms with Crippen LogP contribution in [0.4, 0.5) is 0 Å². The van der Waals surface area contributed by atoms with Gasteiger partial charge in [0, 0.05) is 6.07 Å². The summed E-state index contributed by atoms with van der Waals surface area (Å²) in [5, 5.41) is 3.00. The minimum atomic E-state index is -0.562. The molecule has 0 unspecified atom stereocenters. The van der Waals surface area contributed by atoms with Gasteiger partial charge in [0.15, 0.2) is 6.10 Å². The number of carbonyl (C=O) groups excluding carboxylic acids is 1. The Morgan fingerprint density at radius 1 is 1.00 bits per heavy atom. The van der Waals surface area contributed by atoms with Crippen molar-refractivity contribution >= 4 is 5.91 Å². The lowest BCUT2D eigenvalue weighted by atomic mass is 10.1. The van der Waals surface area contributed by atoms with Crippen molar-refractivity contribution in [2.24, 2.45) is 0 Å². The zero-order valence-corrected chi connectivity index (χ0v) is 15.1. The van der Waals surface area contributed by atoms with Crippen molar-refractivity contribution in [3.63, 3.8) is 0 Å². The van der Waals surface area contributed by atoms with Gasteiger partial charge in [0.2, 0.25) is 0 Å². The van der Waals surface area contributed by atoms with Crippen LogP contribution in [0.5, 0.6) is 17.2 Å². The van der Waals surface area contributed by atoms with E-state index in [4.69, 9.17) is 14.2 Å². The number of hydrogen-bond acceptors (Lipinski definition) is 4. The van der Waals surface area contributed by atoms with Crippen molar-refractivity contribution in [1.82, 2.24) is 5.32 Å². The maximum Gasteiger partial charge on any atom is 0.261 e. The normalized spacial score (nSPS) is 12.8.